The molecule has 1 aliphatic carbocycles. The van der Waals surface area contributed by atoms with Crippen LogP contribution in [0.3, 0.4) is 0 Å². The van der Waals surface area contributed by atoms with Crippen LogP contribution < -0.4 is 14.8 Å². The molecule has 1 saturated carbocycles. The average Bonchev–Trinajstić information content (AvgIpc) is 3.50. The number of ether oxygens (including phenoxy) is 1. The molecule has 0 bridgehead atoms. The summed E-state index contributed by atoms with van der Waals surface area (Å²) in [7, 11) is -3.62. The van der Waals surface area contributed by atoms with Crippen molar-refractivity contribution in [1.82, 2.24) is 10.0 Å². The Hall–Kier alpha value is -2.38. The molecule has 0 aromatic heterocycles. The molecule has 0 saturated heterocycles. The van der Waals surface area contributed by atoms with E-state index in [2.05, 4.69) is 10.0 Å². The Morgan fingerprint density at radius 1 is 1.11 bits per heavy atom. The van der Waals surface area contributed by atoms with Crippen LogP contribution in [0.5, 0.6) is 5.75 Å². The number of carbonyl (C=O) groups is 1. The molecule has 1 amide bonds. The number of rotatable bonds is 9. The van der Waals surface area contributed by atoms with Crippen molar-refractivity contribution in [2.45, 2.75) is 31.6 Å². The number of para-hydroxylation sites is 1. The number of carbonyl (C=O) groups excluding carboxylic acids is 1. The second kappa shape index (κ2) is 8.75. The van der Waals surface area contributed by atoms with Crippen LogP contribution >= 0.6 is 0 Å². The van der Waals surface area contributed by atoms with Crippen molar-refractivity contribution in [3.05, 3.63) is 59.2 Å². The van der Waals surface area contributed by atoms with E-state index >= 15 is 0 Å². The molecule has 7 heteroatoms. The Labute approximate surface area is 166 Å². The summed E-state index contributed by atoms with van der Waals surface area (Å²) in [6.07, 6.45) is 2.35. The van der Waals surface area contributed by atoms with Gasteiger partial charge in [0.05, 0.1) is 17.1 Å². The average molecular weight is 403 g/mol. The minimum atomic E-state index is -3.62. The van der Waals surface area contributed by atoms with Gasteiger partial charge in [0.1, 0.15) is 5.75 Å². The monoisotopic (exact) mass is 402 g/mol. The van der Waals surface area contributed by atoms with Crippen LogP contribution in [-0.2, 0) is 10.0 Å². The van der Waals surface area contributed by atoms with Gasteiger partial charge in [-0.1, -0.05) is 24.3 Å². The maximum Gasteiger partial charge on any atom is 0.255 e. The van der Waals surface area contributed by atoms with Gasteiger partial charge in [0, 0.05) is 13.1 Å². The van der Waals surface area contributed by atoms with E-state index < -0.39 is 10.0 Å². The number of amides is 1. The van der Waals surface area contributed by atoms with Gasteiger partial charge in [-0.25, -0.2) is 13.1 Å². The van der Waals surface area contributed by atoms with Crippen molar-refractivity contribution in [2.75, 3.05) is 19.7 Å². The second-order valence-corrected chi connectivity index (χ2v) is 8.91. The van der Waals surface area contributed by atoms with Gasteiger partial charge >= 0.3 is 0 Å². The van der Waals surface area contributed by atoms with E-state index in [1.165, 1.54) is 12.8 Å². The first-order valence-corrected chi connectivity index (χ1v) is 10.9. The molecule has 0 atom stereocenters. The summed E-state index contributed by atoms with van der Waals surface area (Å²) in [5, 5.41) is 2.75. The van der Waals surface area contributed by atoms with E-state index in [4.69, 9.17) is 4.74 Å². The first-order valence-electron chi connectivity index (χ1n) is 9.44. The lowest BCUT2D eigenvalue weighted by Crippen LogP contribution is -2.35. The molecule has 28 heavy (non-hydrogen) atoms. The van der Waals surface area contributed by atoms with Crippen molar-refractivity contribution in [1.29, 1.82) is 0 Å². The highest BCUT2D eigenvalue weighted by Crippen LogP contribution is 2.30. The quantitative estimate of drug-likeness (QED) is 0.632. The Morgan fingerprint density at radius 3 is 2.61 bits per heavy atom. The number of nitrogens with one attached hydrogen (secondary N) is 2. The van der Waals surface area contributed by atoms with Crippen molar-refractivity contribution in [3.63, 3.8) is 0 Å². The van der Waals surface area contributed by atoms with Crippen LogP contribution in [0.2, 0.25) is 0 Å². The predicted octanol–water partition coefficient (Wildman–Crippen LogP) is 2.80. The van der Waals surface area contributed by atoms with Gasteiger partial charge in [-0.3, -0.25) is 4.79 Å². The summed E-state index contributed by atoms with van der Waals surface area (Å²) in [4.78, 5) is 12.7. The molecule has 0 radical (unpaired) electrons. The van der Waals surface area contributed by atoms with Gasteiger partial charge in [0.2, 0.25) is 10.0 Å². The lowest BCUT2D eigenvalue weighted by molar-refractivity contribution is 0.0950. The Kier molecular flexibility index (Phi) is 6.36. The standard InChI is InChI=1S/C21H26N2O4S/c1-15-7-8-16(2)20(13-15)28(25,26)23-12-11-22-21(24)18-5-3-4-6-19(18)27-14-17-9-10-17/h3-8,13,17,23H,9-12,14H2,1-2H3,(H,22,24). The van der Waals surface area contributed by atoms with Crippen LogP contribution in [0, 0.1) is 19.8 Å². The molecule has 0 aliphatic heterocycles. The number of sulfonamides is 1. The van der Waals surface area contributed by atoms with Gasteiger partial charge < -0.3 is 10.1 Å². The van der Waals surface area contributed by atoms with E-state index in [1.54, 1.807) is 37.3 Å². The fourth-order valence-corrected chi connectivity index (χ4v) is 4.16. The van der Waals surface area contributed by atoms with E-state index in [-0.39, 0.29) is 23.9 Å². The summed E-state index contributed by atoms with van der Waals surface area (Å²) < 4.78 is 33.3. The van der Waals surface area contributed by atoms with Crippen molar-refractivity contribution in [2.24, 2.45) is 5.92 Å². The van der Waals surface area contributed by atoms with Crippen LogP contribution in [0.1, 0.15) is 34.3 Å². The number of hydrogen-bond donors (Lipinski definition) is 2. The van der Waals surface area contributed by atoms with Gasteiger partial charge in [-0.05, 0) is 61.9 Å². The third-order valence-corrected chi connectivity index (χ3v) is 6.24. The highest BCUT2D eigenvalue weighted by molar-refractivity contribution is 7.89. The third-order valence-electron chi connectivity index (χ3n) is 4.64. The molecule has 3 rings (SSSR count). The minimum absolute atomic E-state index is 0.104. The van der Waals surface area contributed by atoms with Crippen LogP contribution in [0.25, 0.3) is 0 Å². The van der Waals surface area contributed by atoms with Gasteiger partial charge in [-0.2, -0.15) is 0 Å². The number of benzene rings is 2. The molecule has 1 aliphatic rings. The van der Waals surface area contributed by atoms with Crippen LogP contribution in [-0.4, -0.2) is 34.0 Å². The molecule has 2 aromatic carbocycles. The summed E-state index contributed by atoms with van der Waals surface area (Å²) in [5.41, 5.74) is 2.02. The second-order valence-electron chi connectivity index (χ2n) is 7.17. The first-order chi connectivity index (χ1) is 13.4. The van der Waals surface area contributed by atoms with Crippen molar-refractivity contribution in [3.8, 4) is 5.75 Å². The Morgan fingerprint density at radius 2 is 1.86 bits per heavy atom. The molecule has 1 fully saturated rings. The number of aryl methyl sites for hydroxylation is 2. The van der Waals surface area contributed by atoms with E-state index in [1.807, 2.05) is 19.1 Å². The van der Waals surface area contributed by atoms with Crippen LogP contribution in [0.15, 0.2) is 47.4 Å². The Balaban J connectivity index is 1.53. The van der Waals surface area contributed by atoms with Crippen LogP contribution in [0.4, 0.5) is 0 Å². The summed E-state index contributed by atoms with van der Waals surface area (Å²) in [5.74, 6) is 0.871. The maximum absolute atomic E-state index is 12.5. The molecule has 0 heterocycles. The summed E-state index contributed by atoms with van der Waals surface area (Å²) in [6.45, 7) is 4.52. The zero-order chi connectivity index (χ0) is 20.1. The smallest absolute Gasteiger partial charge is 0.255 e. The molecular formula is C21H26N2O4S. The number of hydrogen-bond acceptors (Lipinski definition) is 4. The summed E-state index contributed by atoms with van der Waals surface area (Å²) in [6, 6.07) is 12.4. The van der Waals surface area contributed by atoms with Crippen molar-refractivity contribution < 1.29 is 17.9 Å². The molecular weight excluding hydrogens is 376 g/mol. The molecule has 2 aromatic rings. The largest absolute Gasteiger partial charge is 0.492 e. The highest BCUT2D eigenvalue weighted by Gasteiger charge is 2.23. The van der Waals surface area contributed by atoms with E-state index in [9.17, 15) is 13.2 Å². The highest BCUT2D eigenvalue weighted by atomic mass is 32.2. The summed E-state index contributed by atoms with van der Waals surface area (Å²) >= 11 is 0. The minimum Gasteiger partial charge on any atom is -0.492 e. The van der Waals surface area contributed by atoms with Gasteiger partial charge in [0.15, 0.2) is 0 Å². The Bertz CT molecular complexity index is 953. The maximum atomic E-state index is 12.5. The van der Waals surface area contributed by atoms with Gasteiger partial charge in [-0.15, -0.1) is 0 Å². The molecule has 6 nitrogen and oxygen atoms in total. The fraction of sp³-hybridized carbons (Fsp3) is 0.381. The zero-order valence-electron chi connectivity index (χ0n) is 16.2. The first kappa shape index (κ1) is 20.4. The van der Waals surface area contributed by atoms with E-state index in [0.29, 0.717) is 29.4 Å². The lowest BCUT2D eigenvalue weighted by Gasteiger charge is -2.12. The molecule has 2 N–H and O–H groups in total. The van der Waals surface area contributed by atoms with E-state index in [0.717, 1.165) is 5.56 Å². The zero-order valence-corrected chi connectivity index (χ0v) is 17.0. The third kappa shape index (κ3) is 5.33. The lowest BCUT2D eigenvalue weighted by atomic mass is 10.2. The normalized spacial score (nSPS) is 13.9. The molecule has 0 spiro atoms. The molecule has 0 unspecified atom stereocenters. The fourth-order valence-electron chi connectivity index (χ4n) is 2.80. The van der Waals surface area contributed by atoms with Crippen molar-refractivity contribution >= 4 is 15.9 Å². The SMILES string of the molecule is Cc1ccc(C)c(S(=O)(=O)NCCNC(=O)c2ccccc2OCC2CC2)c1. The molecule has 150 valence electrons. The van der Waals surface area contributed by atoms with Gasteiger partial charge in [0.25, 0.3) is 5.91 Å². The predicted molar refractivity (Wildman–Crippen MR) is 108 cm³/mol. The topological polar surface area (TPSA) is 84.5 Å².